The Kier molecular flexibility index (Phi) is 3.29. The van der Waals surface area contributed by atoms with Gasteiger partial charge >= 0.3 is 0 Å². The Bertz CT molecular complexity index is 370. The van der Waals surface area contributed by atoms with Crippen LogP contribution in [0.4, 0.5) is 10.1 Å². The minimum Gasteiger partial charge on any atom is -0.494 e. The zero-order valence-electron chi connectivity index (χ0n) is 9.45. The Morgan fingerprint density at radius 1 is 1.56 bits per heavy atom. The van der Waals surface area contributed by atoms with E-state index in [1.54, 1.807) is 12.1 Å². The van der Waals surface area contributed by atoms with Crippen LogP contribution in [0.3, 0.4) is 0 Å². The summed E-state index contributed by atoms with van der Waals surface area (Å²) in [5, 5.41) is 0. The fraction of sp³-hybridized carbons (Fsp3) is 0.500. The van der Waals surface area contributed by atoms with Crippen molar-refractivity contribution in [1.82, 2.24) is 0 Å². The molecule has 0 spiro atoms. The molecule has 1 aliphatic rings. The molecule has 2 N–H and O–H groups in total. The lowest BCUT2D eigenvalue weighted by atomic mass is 10.1. The molecule has 0 aromatic heterocycles. The third-order valence-corrected chi connectivity index (χ3v) is 3.12. The molecule has 2 rings (SSSR count). The third kappa shape index (κ3) is 2.11. The van der Waals surface area contributed by atoms with Crippen molar-refractivity contribution in [2.45, 2.75) is 6.42 Å². The number of rotatable bonds is 3. The first kappa shape index (κ1) is 11.2. The Morgan fingerprint density at radius 3 is 3.00 bits per heavy atom. The van der Waals surface area contributed by atoms with Gasteiger partial charge in [0.25, 0.3) is 0 Å². The van der Waals surface area contributed by atoms with E-state index >= 15 is 0 Å². The monoisotopic (exact) mass is 224 g/mol. The molecule has 1 fully saturated rings. The van der Waals surface area contributed by atoms with Gasteiger partial charge in [-0.05, 0) is 31.0 Å². The second-order valence-electron chi connectivity index (χ2n) is 4.16. The summed E-state index contributed by atoms with van der Waals surface area (Å²) in [5.41, 5.74) is 6.65. The van der Waals surface area contributed by atoms with Crippen molar-refractivity contribution in [2.75, 3.05) is 31.6 Å². The molecule has 0 radical (unpaired) electrons. The highest BCUT2D eigenvalue weighted by molar-refractivity contribution is 5.52. The first-order valence-electron chi connectivity index (χ1n) is 5.53. The summed E-state index contributed by atoms with van der Waals surface area (Å²) in [6.45, 7) is 2.65. The van der Waals surface area contributed by atoms with Crippen molar-refractivity contribution in [1.29, 1.82) is 0 Å². The van der Waals surface area contributed by atoms with E-state index in [0.717, 1.165) is 31.7 Å². The number of ether oxygens (including phenoxy) is 1. The molecule has 16 heavy (non-hydrogen) atoms. The molecule has 1 aromatic carbocycles. The molecule has 1 heterocycles. The molecule has 1 saturated heterocycles. The lowest BCUT2D eigenvalue weighted by molar-refractivity contribution is 0.386. The van der Waals surface area contributed by atoms with Crippen LogP contribution in [0.5, 0.6) is 5.75 Å². The van der Waals surface area contributed by atoms with E-state index in [0.29, 0.717) is 11.7 Å². The molecule has 0 bridgehead atoms. The molecule has 1 unspecified atom stereocenters. The van der Waals surface area contributed by atoms with Gasteiger partial charge in [0.1, 0.15) is 0 Å². The van der Waals surface area contributed by atoms with Crippen LogP contribution in [0.1, 0.15) is 6.42 Å². The summed E-state index contributed by atoms with van der Waals surface area (Å²) in [5.74, 6) is 0.533. The maximum absolute atomic E-state index is 13.2. The van der Waals surface area contributed by atoms with E-state index < -0.39 is 0 Å². The van der Waals surface area contributed by atoms with Crippen molar-refractivity contribution in [2.24, 2.45) is 11.7 Å². The van der Waals surface area contributed by atoms with Crippen molar-refractivity contribution in [3.63, 3.8) is 0 Å². The van der Waals surface area contributed by atoms with Gasteiger partial charge in [-0.2, -0.15) is 0 Å². The van der Waals surface area contributed by atoms with Crippen molar-refractivity contribution in [3.8, 4) is 5.75 Å². The quantitative estimate of drug-likeness (QED) is 0.848. The van der Waals surface area contributed by atoms with Crippen molar-refractivity contribution in [3.05, 3.63) is 24.0 Å². The zero-order valence-corrected chi connectivity index (χ0v) is 9.45. The molecule has 1 aromatic rings. The van der Waals surface area contributed by atoms with Gasteiger partial charge < -0.3 is 15.4 Å². The number of halogens is 1. The molecular weight excluding hydrogens is 207 g/mol. The van der Waals surface area contributed by atoms with Crippen LogP contribution < -0.4 is 15.4 Å². The van der Waals surface area contributed by atoms with E-state index in [4.69, 9.17) is 10.5 Å². The second-order valence-corrected chi connectivity index (χ2v) is 4.16. The van der Waals surface area contributed by atoms with Gasteiger partial charge in [-0.15, -0.1) is 0 Å². The van der Waals surface area contributed by atoms with Crippen LogP contribution in [0.25, 0.3) is 0 Å². The van der Waals surface area contributed by atoms with E-state index in [2.05, 4.69) is 4.90 Å². The second kappa shape index (κ2) is 4.70. The van der Waals surface area contributed by atoms with Gasteiger partial charge in [-0.1, -0.05) is 0 Å². The Labute approximate surface area is 95.0 Å². The van der Waals surface area contributed by atoms with E-state index in [1.807, 2.05) is 0 Å². The lowest BCUT2D eigenvalue weighted by Crippen LogP contribution is -2.22. The fourth-order valence-corrected chi connectivity index (χ4v) is 2.10. The topological polar surface area (TPSA) is 38.5 Å². The number of hydrogen-bond donors (Lipinski definition) is 1. The highest BCUT2D eigenvalue weighted by atomic mass is 19.1. The molecule has 0 aliphatic carbocycles. The SMILES string of the molecule is COc1cc(N2CCC(CN)C2)ccc1F. The molecule has 88 valence electrons. The number of hydrogen-bond acceptors (Lipinski definition) is 3. The summed E-state index contributed by atoms with van der Waals surface area (Å²) in [7, 11) is 1.48. The standard InChI is InChI=1S/C12H17FN2O/c1-16-12-6-10(2-3-11(12)13)15-5-4-9(7-14)8-15/h2-3,6,9H,4-5,7-8,14H2,1H3. The zero-order chi connectivity index (χ0) is 11.5. The molecule has 4 heteroatoms. The largest absolute Gasteiger partial charge is 0.494 e. The summed E-state index contributed by atoms with van der Waals surface area (Å²) in [4.78, 5) is 2.22. The highest BCUT2D eigenvalue weighted by Gasteiger charge is 2.22. The van der Waals surface area contributed by atoms with Gasteiger partial charge in [-0.25, -0.2) is 4.39 Å². The van der Waals surface area contributed by atoms with Crippen LogP contribution in [-0.4, -0.2) is 26.7 Å². The van der Waals surface area contributed by atoms with Gasteiger partial charge in [0.2, 0.25) is 0 Å². The minimum atomic E-state index is -0.319. The van der Waals surface area contributed by atoms with Gasteiger partial charge in [-0.3, -0.25) is 0 Å². The van der Waals surface area contributed by atoms with Gasteiger partial charge in [0.05, 0.1) is 7.11 Å². The van der Waals surface area contributed by atoms with Crippen molar-refractivity contribution >= 4 is 5.69 Å². The van der Waals surface area contributed by atoms with Gasteiger partial charge in [0.15, 0.2) is 11.6 Å². The summed E-state index contributed by atoms with van der Waals surface area (Å²) >= 11 is 0. The van der Waals surface area contributed by atoms with E-state index in [1.165, 1.54) is 13.2 Å². The average Bonchev–Trinajstić information content (AvgIpc) is 2.78. The first-order chi connectivity index (χ1) is 7.74. The number of methoxy groups -OCH3 is 1. The van der Waals surface area contributed by atoms with Gasteiger partial charge in [0, 0.05) is 24.8 Å². The van der Waals surface area contributed by atoms with Crippen LogP contribution >= 0.6 is 0 Å². The molecule has 1 aliphatic heterocycles. The minimum absolute atomic E-state index is 0.300. The lowest BCUT2D eigenvalue weighted by Gasteiger charge is -2.19. The molecule has 0 amide bonds. The molecule has 0 saturated carbocycles. The smallest absolute Gasteiger partial charge is 0.165 e. The number of benzene rings is 1. The summed E-state index contributed by atoms with van der Waals surface area (Å²) in [6, 6.07) is 4.98. The Morgan fingerprint density at radius 2 is 2.38 bits per heavy atom. The summed E-state index contributed by atoms with van der Waals surface area (Å²) < 4.78 is 18.2. The Balaban J connectivity index is 2.15. The third-order valence-electron chi connectivity index (χ3n) is 3.12. The number of anilines is 1. The number of nitrogens with zero attached hydrogens (tertiary/aromatic N) is 1. The first-order valence-corrected chi connectivity index (χ1v) is 5.53. The van der Waals surface area contributed by atoms with Crippen LogP contribution in [-0.2, 0) is 0 Å². The van der Waals surface area contributed by atoms with Crippen LogP contribution in [0.15, 0.2) is 18.2 Å². The molecule has 3 nitrogen and oxygen atoms in total. The highest BCUT2D eigenvalue weighted by Crippen LogP contribution is 2.28. The fourth-order valence-electron chi connectivity index (χ4n) is 2.10. The average molecular weight is 224 g/mol. The predicted molar refractivity (Wildman–Crippen MR) is 62.3 cm³/mol. The number of nitrogens with two attached hydrogens (primary N) is 1. The van der Waals surface area contributed by atoms with Crippen molar-refractivity contribution < 1.29 is 9.13 Å². The van der Waals surface area contributed by atoms with E-state index in [-0.39, 0.29) is 5.82 Å². The predicted octanol–water partition coefficient (Wildman–Crippen LogP) is 1.62. The maximum atomic E-state index is 13.2. The molecule has 1 atom stereocenters. The van der Waals surface area contributed by atoms with Crippen LogP contribution in [0, 0.1) is 11.7 Å². The maximum Gasteiger partial charge on any atom is 0.165 e. The summed E-state index contributed by atoms with van der Waals surface area (Å²) in [6.07, 6.45) is 1.11. The normalized spacial score (nSPS) is 20.2. The van der Waals surface area contributed by atoms with E-state index in [9.17, 15) is 4.39 Å². The Hall–Kier alpha value is -1.29. The molecular formula is C12H17FN2O. The van der Waals surface area contributed by atoms with Crippen LogP contribution in [0.2, 0.25) is 0 Å².